The number of rotatable bonds is 8. The van der Waals surface area contributed by atoms with E-state index in [0.717, 1.165) is 34.6 Å². The minimum atomic E-state index is 0.696. The van der Waals surface area contributed by atoms with Crippen molar-refractivity contribution in [3.8, 4) is 28.4 Å². The molecule has 0 amide bonds. The smallest absolute Gasteiger partial charge is 0.134 e. The summed E-state index contributed by atoms with van der Waals surface area (Å²) in [7, 11) is 5.00. The van der Waals surface area contributed by atoms with E-state index in [9.17, 15) is 0 Å². The summed E-state index contributed by atoms with van der Waals surface area (Å²) >= 11 is 0. The van der Waals surface area contributed by atoms with Crippen molar-refractivity contribution in [2.45, 2.75) is 13.1 Å². The average Bonchev–Trinajstić information content (AvgIpc) is 2.83. The molecule has 0 bridgehead atoms. The van der Waals surface area contributed by atoms with E-state index in [2.05, 4.69) is 66.0 Å². The maximum atomic E-state index is 5.78. The van der Waals surface area contributed by atoms with E-state index in [1.165, 1.54) is 16.5 Å². The summed E-state index contributed by atoms with van der Waals surface area (Å²) in [4.78, 5) is 0. The van der Waals surface area contributed by atoms with Crippen molar-refractivity contribution >= 4 is 10.8 Å². The predicted molar refractivity (Wildman–Crippen MR) is 126 cm³/mol. The Labute approximate surface area is 183 Å². The van der Waals surface area contributed by atoms with Crippen molar-refractivity contribution < 1.29 is 14.2 Å². The Morgan fingerprint density at radius 3 is 2.00 bits per heavy atom. The SMILES string of the molecule is COc1cc(OC)c(-c2c(CNCc3ccccc3)ccc3ccccc23)c(OC)c1. The Hall–Kier alpha value is -3.50. The van der Waals surface area contributed by atoms with Crippen LogP contribution in [0.15, 0.2) is 78.9 Å². The monoisotopic (exact) mass is 413 g/mol. The minimum absolute atomic E-state index is 0.696. The van der Waals surface area contributed by atoms with Gasteiger partial charge in [-0.25, -0.2) is 0 Å². The van der Waals surface area contributed by atoms with Crippen molar-refractivity contribution in [3.05, 3.63) is 90.0 Å². The van der Waals surface area contributed by atoms with Crippen molar-refractivity contribution in [3.63, 3.8) is 0 Å². The van der Waals surface area contributed by atoms with Crippen molar-refractivity contribution in [1.82, 2.24) is 5.32 Å². The van der Waals surface area contributed by atoms with Gasteiger partial charge in [0.1, 0.15) is 17.2 Å². The van der Waals surface area contributed by atoms with Gasteiger partial charge >= 0.3 is 0 Å². The number of hydrogen-bond donors (Lipinski definition) is 1. The number of hydrogen-bond acceptors (Lipinski definition) is 4. The average molecular weight is 414 g/mol. The summed E-state index contributed by atoms with van der Waals surface area (Å²) in [5.74, 6) is 2.13. The van der Waals surface area contributed by atoms with Crippen molar-refractivity contribution in [2.75, 3.05) is 21.3 Å². The fourth-order valence-electron chi connectivity index (χ4n) is 3.95. The van der Waals surface area contributed by atoms with E-state index in [1.54, 1.807) is 21.3 Å². The van der Waals surface area contributed by atoms with Gasteiger partial charge in [0.25, 0.3) is 0 Å². The lowest BCUT2D eigenvalue weighted by Crippen LogP contribution is -2.13. The van der Waals surface area contributed by atoms with E-state index in [1.807, 2.05) is 18.2 Å². The van der Waals surface area contributed by atoms with Crippen LogP contribution < -0.4 is 19.5 Å². The quantitative estimate of drug-likeness (QED) is 0.395. The highest BCUT2D eigenvalue weighted by molar-refractivity contribution is 6.01. The summed E-state index contributed by atoms with van der Waals surface area (Å²) in [6.45, 7) is 1.51. The maximum absolute atomic E-state index is 5.78. The standard InChI is InChI=1S/C27H27NO3/c1-29-22-15-24(30-2)27(25(16-22)31-3)26-21(14-13-20-11-7-8-12-23(20)26)18-28-17-19-9-5-4-6-10-19/h4-16,28H,17-18H2,1-3H3. The van der Waals surface area contributed by atoms with E-state index in [0.29, 0.717) is 12.3 Å². The number of ether oxygens (including phenoxy) is 3. The van der Waals surface area contributed by atoms with Crippen LogP contribution in [-0.4, -0.2) is 21.3 Å². The van der Waals surface area contributed by atoms with Crippen LogP contribution in [0, 0.1) is 0 Å². The topological polar surface area (TPSA) is 39.7 Å². The van der Waals surface area contributed by atoms with Crippen LogP contribution in [0.5, 0.6) is 17.2 Å². The summed E-state index contributed by atoms with van der Waals surface area (Å²) in [6, 6.07) is 27.0. The molecule has 4 nitrogen and oxygen atoms in total. The zero-order valence-corrected chi connectivity index (χ0v) is 18.1. The third-order valence-corrected chi connectivity index (χ3v) is 5.47. The van der Waals surface area contributed by atoms with Crippen molar-refractivity contribution in [2.24, 2.45) is 0 Å². The molecule has 0 saturated heterocycles. The first-order chi connectivity index (χ1) is 15.2. The van der Waals surface area contributed by atoms with E-state index >= 15 is 0 Å². The molecule has 0 radical (unpaired) electrons. The van der Waals surface area contributed by atoms with Crippen LogP contribution in [0.1, 0.15) is 11.1 Å². The lowest BCUT2D eigenvalue weighted by Gasteiger charge is -2.20. The zero-order chi connectivity index (χ0) is 21.6. The fraction of sp³-hybridized carbons (Fsp3) is 0.185. The minimum Gasteiger partial charge on any atom is -0.496 e. The van der Waals surface area contributed by atoms with Crippen LogP contribution >= 0.6 is 0 Å². The normalized spacial score (nSPS) is 10.8. The van der Waals surface area contributed by atoms with Gasteiger partial charge in [0.15, 0.2) is 0 Å². The van der Waals surface area contributed by atoms with Crippen LogP contribution in [0.3, 0.4) is 0 Å². The summed E-state index contributed by atoms with van der Waals surface area (Å²) in [5, 5.41) is 5.91. The molecule has 4 heteroatoms. The maximum Gasteiger partial charge on any atom is 0.134 e. The Bertz CT molecular complexity index is 1150. The van der Waals surface area contributed by atoms with Crippen LogP contribution in [-0.2, 0) is 13.1 Å². The Morgan fingerprint density at radius 2 is 1.32 bits per heavy atom. The molecule has 0 atom stereocenters. The summed E-state index contributed by atoms with van der Waals surface area (Å²) < 4.78 is 17.0. The third kappa shape index (κ3) is 4.35. The highest BCUT2D eigenvalue weighted by Gasteiger charge is 2.20. The second kappa shape index (κ2) is 9.54. The van der Waals surface area contributed by atoms with Crippen LogP contribution in [0.4, 0.5) is 0 Å². The molecule has 0 fully saturated rings. The highest BCUT2D eigenvalue weighted by atomic mass is 16.5. The molecule has 0 saturated carbocycles. The molecule has 0 aliphatic carbocycles. The molecule has 0 unspecified atom stereocenters. The number of fused-ring (bicyclic) bond motifs is 1. The van der Waals surface area contributed by atoms with Gasteiger partial charge in [0.2, 0.25) is 0 Å². The molecule has 158 valence electrons. The van der Waals surface area contributed by atoms with Gasteiger partial charge < -0.3 is 19.5 Å². The largest absolute Gasteiger partial charge is 0.496 e. The molecule has 0 aliphatic heterocycles. The summed E-state index contributed by atoms with van der Waals surface area (Å²) in [6.07, 6.45) is 0. The molecule has 4 aromatic rings. The van der Waals surface area contributed by atoms with Gasteiger partial charge in [-0.3, -0.25) is 0 Å². The van der Waals surface area contributed by atoms with Gasteiger partial charge in [-0.05, 0) is 21.9 Å². The molecule has 1 N–H and O–H groups in total. The molecule has 0 heterocycles. The van der Waals surface area contributed by atoms with Gasteiger partial charge in [-0.2, -0.15) is 0 Å². The van der Waals surface area contributed by atoms with E-state index in [4.69, 9.17) is 14.2 Å². The summed E-state index contributed by atoms with van der Waals surface area (Å²) in [5.41, 5.74) is 4.47. The molecule has 4 aromatic carbocycles. The second-order valence-electron chi connectivity index (χ2n) is 7.32. The molecule has 0 aliphatic rings. The lowest BCUT2D eigenvalue weighted by atomic mass is 9.91. The van der Waals surface area contributed by atoms with Crippen molar-refractivity contribution in [1.29, 1.82) is 0 Å². The molecular formula is C27H27NO3. The highest BCUT2D eigenvalue weighted by Crippen LogP contribution is 2.45. The first-order valence-corrected chi connectivity index (χ1v) is 10.3. The van der Waals surface area contributed by atoms with E-state index in [-0.39, 0.29) is 0 Å². The van der Waals surface area contributed by atoms with Gasteiger partial charge in [-0.1, -0.05) is 66.7 Å². The molecule has 0 spiro atoms. The first-order valence-electron chi connectivity index (χ1n) is 10.3. The third-order valence-electron chi connectivity index (χ3n) is 5.47. The van der Waals surface area contributed by atoms with Crippen LogP contribution in [0.2, 0.25) is 0 Å². The van der Waals surface area contributed by atoms with Gasteiger partial charge in [0.05, 0.1) is 26.9 Å². The van der Waals surface area contributed by atoms with E-state index < -0.39 is 0 Å². The fourth-order valence-corrected chi connectivity index (χ4v) is 3.95. The van der Waals surface area contributed by atoms with Gasteiger partial charge in [0, 0.05) is 30.8 Å². The molecular weight excluding hydrogens is 386 g/mol. The number of benzene rings is 4. The Balaban J connectivity index is 1.83. The first kappa shape index (κ1) is 20.8. The lowest BCUT2D eigenvalue weighted by molar-refractivity contribution is 0.377. The van der Waals surface area contributed by atoms with Gasteiger partial charge in [-0.15, -0.1) is 0 Å². The zero-order valence-electron chi connectivity index (χ0n) is 18.1. The Morgan fingerprint density at radius 1 is 0.645 bits per heavy atom. The Kier molecular flexibility index (Phi) is 6.39. The number of methoxy groups -OCH3 is 3. The van der Waals surface area contributed by atoms with Crippen LogP contribution in [0.25, 0.3) is 21.9 Å². The molecule has 0 aromatic heterocycles. The second-order valence-corrected chi connectivity index (χ2v) is 7.32. The molecule has 31 heavy (non-hydrogen) atoms. The number of nitrogens with one attached hydrogen (secondary N) is 1. The molecule has 4 rings (SSSR count). The predicted octanol–water partition coefficient (Wildman–Crippen LogP) is 5.82.